The van der Waals surface area contributed by atoms with Gasteiger partial charge < -0.3 is 45.2 Å². The number of phenolic OH excluding ortho intramolecular Hbond substituents is 4. The minimum absolute atomic E-state index is 0.0132. The van der Waals surface area contributed by atoms with E-state index in [1.54, 1.807) is 0 Å². The van der Waals surface area contributed by atoms with E-state index < -0.39 is 30.4 Å². The predicted octanol–water partition coefficient (Wildman–Crippen LogP) is 1.02. The minimum atomic E-state index is -1.58. The highest BCUT2D eigenvalue weighted by Gasteiger charge is 2.40. The number of ether oxygens (including phenoxy) is 2. The van der Waals surface area contributed by atoms with Crippen molar-refractivity contribution < 1.29 is 49.6 Å². The maximum absolute atomic E-state index is 10.2. The zero-order valence-corrected chi connectivity index (χ0v) is 15.3. The Morgan fingerprint density at radius 2 is 1.63 bits per heavy atom. The Morgan fingerprint density at radius 1 is 0.867 bits per heavy atom. The molecule has 158 valence electrons. The number of aliphatic hydroxyl groups is 3. The molecular weight excluding hydrogens is 400 g/mol. The van der Waals surface area contributed by atoms with Crippen LogP contribution in [-0.2, 0) is 4.74 Å². The average Bonchev–Trinajstić information content (AvgIpc) is 2.70. The smallest absolute Gasteiger partial charge is 0.402 e. The number of fused-ring (bicyclic) bond motifs is 1. The van der Waals surface area contributed by atoms with Gasteiger partial charge in [-0.3, -0.25) is 0 Å². The predicted molar refractivity (Wildman–Crippen MR) is 101 cm³/mol. The van der Waals surface area contributed by atoms with E-state index in [-0.39, 0.29) is 51.9 Å². The third kappa shape index (κ3) is 3.53. The Hall–Kier alpha value is -3.31. The lowest BCUT2D eigenvalue weighted by molar-refractivity contribution is -0.242. The van der Waals surface area contributed by atoms with Crippen LogP contribution in [0.4, 0.5) is 0 Å². The van der Waals surface area contributed by atoms with Gasteiger partial charge in [0.2, 0.25) is 12.0 Å². The van der Waals surface area contributed by atoms with E-state index in [1.165, 1.54) is 30.3 Å². The number of phenols is 4. The Morgan fingerprint density at radius 3 is 2.37 bits per heavy atom. The topological polar surface area (TPSA) is 171 Å². The zero-order valence-electron chi connectivity index (χ0n) is 15.3. The van der Waals surface area contributed by atoms with E-state index in [0.717, 1.165) is 6.07 Å². The summed E-state index contributed by atoms with van der Waals surface area (Å²) >= 11 is 0. The summed E-state index contributed by atoms with van der Waals surface area (Å²) in [6.07, 6.45) is -5.76. The van der Waals surface area contributed by atoms with Crippen molar-refractivity contribution in [3.8, 4) is 40.1 Å². The molecule has 3 aromatic rings. The van der Waals surface area contributed by atoms with Crippen molar-refractivity contribution in [2.24, 2.45) is 0 Å². The Labute approximate surface area is 169 Å². The molecule has 0 aliphatic carbocycles. The number of hydrogen-bond acceptors (Lipinski definition) is 9. The fraction of sp³-hybridized carbons (Fsp3) is 0.250. The van der Waals surface area contributed by atoms with Crippen molar-refractivity contribution in [3.05, 3.63) is 36.4 Å². The summed E-state index contributed by atoms with van der Waals surface area (Å²) in [6.45, 7) is -0.290. The fourth-order valence-corrected chi connectivity index (χ4v) is 3.15. The lowest BCUT2D eigenvalue weighted by Gasteiger charge is -2.34. The van der Waals surface area contributed by atoms with Gasteiger partial charge in [0.1, 0.15) is 35.2 Å². The van der Waals surface area contributed by atoms with Gasteiger partial charge in [0.25, 0.3) is 0 Å². The van der Waals surface area contributed by atoms with Gasteiger partial charge in [-0.05, 0) is 12.1 Å². The first-order chi connectivity index (χ1) is 14.2. The molecule has 1 aromatic heterocycles. The molecule has 0 saturated carbocycles. The van der Waals surface area contributed by atoms with Crippen LogP contribution in [0, 0.1) is 0 Å². The van der Waals surface area contributed by atoms with E-state index in [1.807, 2.05) is 0 Å². The molecule has 10 heteroatoms. The molecule has 1 aliphatic rings. The highest BCUT2D eigenvalue weighted by molar-refractivity contribution is 5.88. The summed E-state index contributed by atoms with van der Waals surface area (Å²) in [5.41, 5.74) is 0.346. The SMILES string of the molecule is Oc1cc(O)c2cc(OC3OC[C@@H](O)[C@@H](O)[C@@H]3O)c(-c3ccc(O)c(O)c3)[o+]c2c1. The first-order valence-electron chi connectivity index (χ1n) is 8.92. The highest BCUT2D eigenvalue weighted by Crippen LogP contribution is 2.41. The maximum atomic E-state index is 10.2. The van der Waals surface area contributed by atoms with Crippen molar-refractivity contribution in [2.75, 3.05) is 6.61 Å². The summed E-state index contributed by atoms with van der Waals surface area (Å²) in [4.78, 5) is 0. The minimum Gasteiger partial charge on any atom is -0.507 e. The highest BCUT2D eigenvalue weighted by atomic mass is 16.7. The molecule has 0 radical (unpaired) electrons. The van der Waals surface area contributed by atoms with Crippen molar-refractivity contribution in [1.82, 2.24) is 0 Å². The quantitative estimate of drug-likeness (QED) is 0.240. The van der Waals surface area contributed by atoms with Gasteiger partial charge in [-0.1, -0.05) is 0 Å². The molecule has 2 heterocycles. The van der Waals surface area contributed by atoms with Gasteiger partial charge in [0.15, 0.2) is 11.5 Å². The summed E-state index contributed by atoms with van der Waals surface area (Å²) in [5, 5.41) is 69.1. The van der Waals surface area contributed by atoms with Gasteiger partial charge in [-0.2, -0.15) is 0 Å². The zero-order chi connectivity index (χ0) is 21.6. The van der Waals surface area contributed by atoms with Crippen LogP contribution in [-0.4, -0.2) is 67.0 Å². The number of aliphatic hydroxyl groups excluding tert-OH is 3. The van der Waals surface area contributed by atoms with Crippen LogP contribution in [0.2, 0.25) is 0 Å². The lowest BCUT2D eigenvalue weighted by Crippen LogP contribution is -2.54. The third-order valence-corrected chi connectivity index (χ3v) is 4.75. The molecule has 1 saturated heterocycles. The summed E-state index contributed by atoms with van der Waals surface area (Å²) in [6, 6.07) is 7.56. The lowest BCUT2D eigenvalue weighted by atomic mass is 10.1. The Balaban J connectivity index is 1.84. The molecule has 4 rings (SSSR count). The van der Waals surface area contributed by atoms with E-state index in [4.69, 9.17) is 13.9 Å². The normalized spacial score (nSPS) is 24.1. The Kier molecular flexibility index (Phi) is 5.00. The second kappa shape index (κ2) is 7.50. The van der Waals surface area contributed by atoms with Gasteiger partial charge in [-0.15, -0.1) is 0 Å². The van der Waals surface area contributed by atoms with Gasteiger partial charge >= 0.3 is 11.3 Å². The van der Waals surface area contributed by atoms with E-state index in [9.17, 15) is 35.7 Å². The van der Waals surface area contributed by atoms with Crippen LogP contribution in [0.25, 0.3) is 22.3 Å². The standard InChI is InChI=1S/C20H18O10/c21-9-4-12(23)10-6-16(30-20-18(27)17(26)14(25)7-28-20)19(29-15(10)5-9)8-1-2-11(22)13(24)3-8/h1-6,14,17-18,20,25-27H,7H2,(H3-,21,22,23,24)/p+1/t14-,17-,18+,20?/m1/s1. The van der Waals surface area contributed by atoms with Crippen molar-refractivity contribution in [2.45, 2.75) is 24.6 Å². The molecular formula is C20H19O10+. The van der Waals surface area contributed by atoms with Crippen LogP contribution in [0.3, 0.4) is 0 Å². The maximum Gasteiger partial charge on any atom is 0.402 e. The molecule has 2 aromatic carbocycles. The summed E-state index contributed by atoms with van der Waals surface area (Å²) in [5.74, 6) is -1.37. The monoisotopic (exact) mass is 419 g/mol. The fourth-order valence-electron chi connectivity index (χ4n) is 3.15. The molecule has 4 atom stereocenters. The third-order valence-electron chi connectivity index (χ3n) is 4.75. The number of benzene rings is 2. The molecule has 1 aliphatic heterocycles. The van der Waals surface area contributed by atoms with Gasteiger partial charge in [-0.25, -0.2) is 4.42 Å². The number of aromatic hydroxyl groups is 4. The largest absolute Gasteiger partial charge is 0.507 e. The van der Waals surface area contributed by atoms with Crippen LogP contribution >= 0.6 is 0 Å². The first kappa shape index (κ1) is 20.0. The average molecular weight is 419 g/mol. The summed E-state index contributed by atoms with van der Waals surface area (Å²) in [7, 11) is 0. The van der Waals surface area contributed by atoms with Gasteiger partial charge in [0, 0.05) is 18.2 Å². The van der Waals surface area contributed by atoms with Crippen LogP contribution in [0.15, 0.2) is 40.8 Å². The molecule has 1 unspecified atom stereocenters. The number of rotatable bonds is 3. The first-order valence-corrected chi connectivity index (χ1v) is 8.92. The molecule has 0 amide bonds. The molecule has 1 fully saturated rings. The van der Waals surface area contributed by atoms with Crippen molar-refractivity contribution >= 4 is 11.0 Å². The van der Waals surface area contributed by atoms with Crippen molar-refractivity contribution in [1.29, 1.82) is 0 Å². The second-order valence-electron chi connectivity index (χ2n) is 6.89. The summed E-state index contributed by atoms with van der Waals surface area (Å²) < 4.78 is 16.7. The van der Waals surface area contributed by atoms with E-state index in [0.29, 0.717) is 0 Å². The Bertz CT molecular complexity index is 1100. The molecule has 7 N–H and O–H groups in total. The molecule has 10 nitrogen and oxygen atoms in total. The second-order valence-corrected chi connectivity index (χ2v) is 6.89. The van der Waals surface area contributed by atoms with Gasteiger partial charge in [0.05, 0.1) is 18.2 Å². The van der Waals surface area contributed by atoms with Crippen LogP contribution < -0.4 is 4.74 Å². The van der Waals surface area contributed by atoms with Crippen molar-refractivity contribution in [3.63, 3.8) is 0 Å². The van der Waals surface area contributed by atoms with E-state index >= 15 is 0 Å². The van der Waals surface area contributed by atoms with Crippen LogP contribution in [0.1, 0.15) is 0 Å². The molecule has 0 spiro atoms. The molecule has 30 heavy (non-hydrogen) atoms. The molecule has 0 bridgehead atoms. The van der Waals surface area contributed by atoms with Crippen LogP contribution in [0.5, 0.6) is 28.7 Å². The number of hydrogen-bond donors (Lipinski definition) is 7. The van der Waals surface area contributed by atoms with E-state index in [2.05, 4.69) is 0 Å².